The van der Waals surface area contributed by atoms with Crippen molar-refractivity contribution in [2.45, 2.75) is 20.8 Å². The summed E-state index contributed by atoms with van der Waals surface area (Å²) in [4.78, 5) is 43.2. The number of fused-ring (bicyclic) bond motifs is 1. The SMILES string of the molecule is Cc1ccc(-n2c(C)ccc2C)c(C(=O)ON2C(=O)c3ccccc3C2=O)c1. The van der Waals surface area contributed by atoms with Crippen molar-refractivity contribution in [1.29, 1.82) is 0 Å². The van der Waals surface area contributed by atoms with Gasteiger partial charge in [0.25, 0.3) is 11.8 Å². The fourth-order valence-electron chi connectivity index (χ4n) is 3.44. The Morgan fingerprint density at radius 2 is 1.39 bits per heavy atom. The average Bonchev–Trinajstić information content (AvgIpc) is 3.14. The van der Waals surface area contributed by atoms with Crippen LogP contribution in [0.25, 0.3) is 5.69 Å². The molecule has 0 fully saturated rings. The summed E-state index contributed by atoms with van der Waals surface area (Å²) in [5, 5.41) is 0.536. The lowest BCUT2D eigenvalue weighted by Gasteiger charge is -2.17. The molecule has 6 heteroatoms. The van der Waals surface area contributed by atoms with Gasteiger partial charge in [0.05, 0.1) is 22.4 Å². The average molecular weight is 374 g/mol. The molecule has 0 saturated carbocycles. The molecule has 0 bridgehead atoms. The van der Waals surface area contributed by atoms with Crippen molar-refractivity contribution in [2.75, 3.05) is 0 Å². The lowest BCUT2D eigenvalue weighted by atomic mass is 10.1. The summed E-state index contributed by atoms with van der Waals surface area (Å²) >= 11 is 0. The van der Waals surface area contributed by atoms with Crippen molar-refractivity contribution >= 4 is 17.8 Å². The predicted octanol–water partition coefficient (Wildman–Crippen LogP) is 3.77. The van der Waals surface area contributed by atoms with Crippen LogP contribution in [-0.2, 0) is 4.84 Å². The number of imide groups is 1. The van der Waals surface area contributed by atoms with E-state index in [0.717, 1.165) is 17.0 Å². The number of aryl methyl sites for hydroxylation is 3. The normalized spacial score (nSPS) is 13.0. The Balaban J connectivity index is 1.71. The van der Waals surface area contributed by atoms with Gasteiger partial charge in [0.15, 0.2) is 0 Å². The molecule has 0 unspecified atom stereocenters. The molecule has 1 aliphatic heterocycles. The molecule has 6 nitrogen and oxygen atoms in total. The highest BCUT2D eigenvalue weighted by Crippen LogP contribution is 2.26. The molecule has 2 heterocycles. The number of hydroxylamine groups is 2. The number of hydrogen-bond acceptors (Lipinski definition) is 4. The molecule has 1 aromatic heterocycles. The van der Waals surface area contributed by atoms with Crippen LogP contribution in [0, 0.1) is 20.8 Å². The van der Waals surface area contributed by atoms with Crippen molar-refractivity contribution < 1.29 is 19.2 Å². The van der Waals surface area contributed by atoms with E-state index in [9.17, 15) is 14.4 Å². The fraction of sp³-hybridized carbons (Fsp3) is 0.136. The van der Waals surface area contributed by atoms with Gasteiger partial charge in [0.2, 0.25) is 0 Å². The van der Waals surface area contributed by atoms with Crippen LogP contribution in [0.4, 0.5) is 0 Å². The van der Waals surface area contributed by atoms with E-state index < -0.39 is 17.8 Å². The molecule has 3 aromatic rings. The summed E-state index contributed by atoms with van der Waals surface area (Å²) in [6.45, 7) is 5.73. The standard InChI is InChI=1S/C22H18N2O4/c1-13-8-11-19(23-14(2)9-10-15(23)3)18(12-13)22(27)28-24-20(25)16-6-4-5-7-17(16)21(24)26/h4-12H,1-3H3. The number of aromatic nitrogens is 1. The summed E-state index contributed by atoms with van der Waals surface area (Å²) in [6.07, 6.45) is 0. The predicted molar refractivity (Wildman–Crippen MR) is 102 cm³/mol. The van der Waals surface area contributed by atoms with E-state index in [2.05, 4.69) is 0 Å². The molecule has 0 radical (unpaired) electrons. The minimum atomic E-state index is -0.763. The number of amides is 2. The lowest BCUT2D eigenvalue weighted by molar-refractivity contribution is -0.0584. The van der Waals surface area contributed by atoms with Gasteiger partial charge in [-0.05, 0) is 57.2 Å². The Morgan fingerprint density at radius 3 is 1.96 bits per heavy atom. The largest absolute Gasteiger partial charge is 0.366 e. The van der Waals surface area contributed by atoms with Gasteiger partial charge >= 0.3 is 5.97 Å². The third kappa shape index (κ3) is 2.70. The van der Waals surface area contributed by atoms with Crippen molar-refractivity contribution in [3.8, 4) is 5.69 Å². The maximum atomic E-state index is 13.0. The molecule has 4 rings (SSSR count). The van der Waals surface area contributed by atoms with Gasteiger partial charge in [0, 0.05) is 11.4 Å². The zero-order chi connectivity index (χ0) is 20.0. The third-order valence-electron chi connectivity index (χ3n) is 4.82. The van der Waals surface area contributed by atoms with Crippen molar-refractivity contribution in [1.82, 2.24) is 9.63 Å². The van der Waals surface area contributed by atoms with Crippen LogP contribution in [-0.4, -0.2) is 27.4 Å². The van der Waals surface area contributed by atoms with Gasteiger partial charge in [0.1, 0.15) is 0 Å². The van der Waals surface area contributed by atoms with E-state index in [-0.39, 0.29) is 16.7 Å². The van der Waals surface area contributed by atoms with E-state index in [0.29, 0.717) is 10.8 Å². The van der Waals surface area contributed by atoms with E-state index in [1.165, 1.54) is 12.1 Å². The summed E-state index contributed by atoms with van der Waals surface area (Å²) in [7, 11) is 0. The molecule has 0 spiro atoms. The van der Waals surface area contributed by atoms with Gasteiger partial charge < -0.3 is 9.40 Å². The number of benzene rings is 2. The Morgan fingerprint density at radius 1 is 0.821 bits per heavy atom. The van der Waals surface area contributed by atoms with E-state index in [4.69, 9.17) is 4.84 Å². The first-order chi connectivity index (χ1) is 13.4. The van der Waals surface area contributed by atoms with Crippen molar-refractivity contribution in [3.63, 3.8) is 0 Å². The number of carbonyl (C=O) groups excluding carboxylic acids is 3. The van der Waals surface area contributed by atoms with Crippen LogP contribution < -0.4 is 0 Å². The van der Waals surface area contributed by atoms with Crippen LogP contribution in [0.3, 0.4) is 0 Å². The van der Waals surface area contributed by atoms with Crippen LogP contribution >= 0.6 is 0 Å². The highest BCUT2D eigenvalue weighted by molar-refractivity contribution is 6.21. The quantitative estimate of drug-likeness (QED) is 0.655. The lowest BCUT2D eigenvalue weighted by Crippen LogP contribution is -2.33. The van der Waals surface area contributed by atoms with Crippen LogP contribution in [0.15, 0.2) is 54.6 Å². The first kappa shape index (κ1) is 17.7. The second kappa shape index (κ2) is 6.49. The molecular weight excluding hydrogens is 356 g/mol. The highest BCUT2D eigenvalue weighted by Gasteiger charge is 2.39. The second-order valence-electron chi connectivity index (χ2n) is 6.80. The number of hydrogen-bond donors (Lipinski definition) is 0. The van der Waals surface area contributed by atoms with Crippen LogP contribution in [0.5, 0.6) is 0 Å². The first-order valence-corrected chi connectivity index (χ1v) is 8.84. The summed E-state index contributed by atoms with van der Waals surface area (Å²) in [5.41, 5.74) is 4.13. The maximum absolute atomic E-state index is 13.0. The summed E-state index contributed by atoms with van der Waals surface area (Å²) < 4.78 is 1.93. The minimum Gasteiger partial charge on any atom is -0.324 e. The zero-order valence-electron chi connectivity index (χ0n) is 15.7. The van der Waals surface area contributed by atoms with Crippen LogP contribution in [0.2, 0.25) is 0 Å². The minimum absolute atomic E-state index is 0.224. The topological polar surface area (TPSA) is 68.6 Å². The van der Waals surface area contributed by atoms with Gasteiger partial charge in [-0.15, -0.1) is 0 Å². The van der Waals surface area contributed by atoms with Gasteiger partial charge in [-0.1, -0.05) is 28.8 Å². The van der Waals surface area contributed by atoms with Crippen LogP contribution in [0.1, 0.15) is 48.0 Å². The molecule has 0 aliphatic carbocycles. The van der Waals surface area contributed by atoms with Gasteiger partial charge in [-0.2, -0.15) is 0 Å². The molecule has 140 valence electrons. The molecule has 0 atom stereocenters. The Hall–Kier alpha value is -3.67. The van der Waals surface area contributed by atoms with Crippen molar-refractivity contribution in [2.24, 2.45) is 0 Å². The van der Waals surface area contributed by atoms with Gasteiger partial charge in [-0.25, -0.2) is 4.79 Å². The Labute approximate surface area is 161 Å². The Bertz CT molecular complexity index is 1090. The number of nitrogens with zero attached hydrogens (tertiary/aromatic N) is 2. The zero-order valence-corrected chi connectivity index (χ0v) is 15.7. The van der Waals surface area contributed by atoms with E-state index in [1.54, 1.807) is 18.2 Å². The molecule has 0 saturated heterocycles. The molecule has 0 N–H and O–H groups in total. The summed E-state index contributed by atoms with van der Waals surface area (Å²) in [5.74, 6) is -2.05. The van der Waals surface area contributed by atoms with E-state index >= 15 is 0 Å². The summed E-state index contributed by atoms with van der Waals surface area (Å²) in [6, 6.07) is 15.7. The molecule has 28 heavy (non-hydrogen) atoms. The van der Waals surface area contributed by atoms with Gasteiger partial charge in [-0.3, -0.25) is 9.59 Å². The molecular formula is C22H18N2O4. The monoisotopic (exact) mass is 374 g/mol. The Kier molecular flexibility index (Phi) is 4.11. The highest BCUT2D eigenvalue weighted by atomic mass is 16.7. The van der Waals surface area contributed by atoms with E-state index in [1.807, 2.05) is 49.6 Å². The smallest absolute Gasteiger partial charge is 0.324 e. The third-order valence-corrected chi connectivity index (χ3v) is 4.82. The van der Waals surface area contributed by atoms with Crippen molar-refractivity contribution in [3.05, 3.63) is 88.2 Å². The maximum Gasteiger partial charge on any atom is 0.366 e. The first-order valence-electron chi connectivity index (χ1n) is 8.84. The second-order valence-corrected chi connectivity index (χ2v) is 6.80. The number of carbonyl (C=O) groups is 3. The fourth-order valence-corrected chi connectivity index (χ4v) is 3.44. The molecule has 2 amide bonds. The molecule has 1 aliphatic rings. The molecule has 2 aromatic carbocycles. The number of rotatable bonds is 3.